The molecule has 3 aromatic rings. The third kappa shape index (κ3) is 3.90. The Kier molecular flexibility index (Phi) is 5.47. The number of nitrogens with zero attached hydrogens (tertiary/aromatic N) is 2. The fraction of sp³-hybridized carbons (Fsp3) is 0.360. The average molecular weight is 434 g/mol. The van der Waals surface area contributed by atoms with E-state index in [1.165, 1.54) is 5.56 Å². The number of rotatable bonds is 6. The van der Waals surface area contributed by atoms with E-state index in [-0.39, 0.29) is 12.0 Å². The molecule has 2 aliphatic rings. The molecule has 0 spiro atoms. The molecule has 1 N–H and O–H groups in total. The van der Waals surface area contributed by atoms with E-state index in [1.54, 1.807) is 7.11 Å². The zero-order valence-electron chi connectivity index (χ0n) is 18.4. The van der Waals surface area contributed by atoms with Gasteiger partial charge in [0.1, 0.15) is 23.2 Å². The van der Waals surface area contributed by atoms with Gasteiger partial charge in [-0.05, 0) is 61.2 Å². The smallest absolute Gasteiger partial charge is 0.259 e. The van der Waals surface area contributed by atoms with Crippen molar-refractivity contribution in [3.8, 4) is 22.8 Å². The van der Waals surface area contributed by atoms with Gasteiger partial charge in [-0.3, -0.25) is 4.79 Å². The molecule has 1 amide bonds. The van der Waals surface area contributed by atoms with E-state index in [4.69, 9.17) is 14.0 Å². The number of benzene rings is 2. The highest BCUT2D eigenvalue weighted by Crippen LogP contribution is 2.34. The molecule has 7 nitrogen and oxygen atoms in total. The number of carbonyl (C=O) groups excluding carboxylic acids is 1. The Labute approximate surface area is 187 Å². The lowest BCUT2D eigenvalue weighted by Crippen LogP contribution is -2.27. The highest BCUT2D eigenvalue weighted by Gasteiger charge is 2.29. The van der Waals surface area contributed by atoms with Gasteiger partial charge in [0.15, 0.2) is 11.6 Å². The van der Waals surface area contributed by atoms with Crippen molar-refractivity contribution in [2.45, 2.75) is 38.8 Å². The molecular formula is C25H27N3O4. The van der Waals surface area contributed by atoms with E-state index in [9.17, 15) is 4.79 Å². The molecule has 166 valence electrons. The van der Waals surface area contributed by atoms with Gasteiger partial charge in [0, 0.05) is 31.6 Å². The molecule has 0 saturated carbocycles. The number of hydrogen-bond donors (Lipinski definition) is 1. The monoisotopic (exact) mass is 433 g/mol. The van der Waals surface area contributed by atoms with Gasteiger partial charge in [0.2, 0.25) is 0 Å². The molecule has 1 aromatic heterocycles. The van der Waals surface area contributed by atoms with Crippen molar-refractivity contribution in [2.24, 2.45) is 0 Å². The zero-order chi connectivity index (χ0) is 22.1. The van der Waals surface area contributed by atoms with Crippen molar-refractivity contribution in [1.29, 1.82) is 0 Å². The largest absolute Gasteiger partial charge is 0.497 e. The van der Waals surface area contributed by atoms with Gasteiger partial charge in [0.05, 0.1) is 7.11 Å². The molecule has 0 aliphatic carbocycles. The number of methoxy groups -OCH3 is 1. The predicted molar refractivity (Wildman–Crippen MR) is 121 cm³/mol. The first-order valence-corrected chi connectivity index (χ1v) is 11.1. The van der Waals surface area contributed by atoms with Gasteiger partial charge in [-0.2, -0.15) is 0 Å². The number of hydrogen-bond acceptors (Lipinski definition) is 6. The lowest BCUT2D eigenvalue weighted by atomic mass is 10.1. The molecule has 1 atom stereocenters. The molecule has 0 radical (unpaired) electrons. The molecule has 1 unspecified atom stereocenters. The van der Waals surface area contributed by atoms with E-state index >= 15 is 0 Å². The Hall–Kier alpha value is -3.48. The normalized spacial score (nSPS) is 17.2. The SMILES string of the molecule is COc1ccc(-c2onc(N3CCCC3)c2C(=O)NCc2ccc3c(c2)CC(C)O3)cc1. The summed E-state index contributed by atoms with van der Waals surface area (Å²) in [4.78, 5) is 15.5. The molecule has 2 aliphatic heterocycles. The molecule has 0 bridgehead atoms. The van der Waals surface area contributed by atoms with E-state index < -0.39 is 0 Å². The second-order valence-electron chi connectivity index (χ2n) is 8.39. The van der Waals surface area contributed by atoms with Crippen molar-refractivity contribution < 1.29 is 18.8 Å². The van der Waals surface area contributed by atoms with Gasteiger partial charge in [-0.15, -0.1) is 0 Å². The number of amides is 1. The Balaban J connectivity index is 1.41. The van der Waals surface area contributed by atoms with Gasteiger partial charge < -0.3 is 24.2 Å². The lowest BCUT2D eigenvalue weighted by Gasteiger charge is -2.15. The van der Waals surface area contributed by atoms with Crippen LogP contribution in [0.5, 0.6) is 11.5 Å². The maximum Gasteiger partial charge on any atom is 0.259 e. The van der Waals surface area contributed by atoms with E-state index in [0.29, 0.717) is 23.7 Å². The van der Waals surface area contributed by atoms with Crippen LogP contribution in [0.1, 0.15) is 41.3 Å². The second kappa shape index (κ2) is 8.57. The minimum atomic E-state index is -0.191. The fourth-order valence-corrected chi connectivity index (χ4v) is 4.43. The Morgan fingerprint density at radius 3 is 2.72 bits per heavy atom. The Morgan fingerprint density at radius 2 is 1.97 bits per heavy atom. The summed E-state index contributed by atoms with van der Waals surface area (Å²) in [6.45, 7) is 4.23. The number of aromatic nitrogens is 1. The van der Waals surface area contributed by atoms with Crippen molar-refractivity contribution in [1.82, 2.24) is 10.5 Å². The number of fused-ring (bicyclic) bond motifs is 1. The van der Waals surface area contributed by atoms with Gasteiger partial charge >= 0.3 is 0 Å². The summed E-state index contributed by atoms with van der Waals surface area (Å²) in [7, 11) is 1.62. The highest BCUT2D eigenvalue weighted by atomic mass is 16.5. The molecule has 2 aromatic carbocycles. The molecule has 32 heavy (non-hydrogen) atoms. The number of carbonyl (C=O) groups is 1. The van der Waals surface area contributed by atoms with Crippen LogP contribution < -0.4 is 19.7 Å². The predicted octanol–water partition coefficient (Wildman–Crippen LogP) is 4.20. The third-order valence-corrected chi connectivity index (χ3v) is 6.07. The molecule has 5 rings (SSSR count). The maximum absolute atomic E-state index is 13.4. The van der Waals surface area contributed by atoms with Crippen LogP contribution in [-0.4, -0.2) is 37.4 Å². The number of anilines is 1. The Bertz CT molecular complexity index is 1120. The van der Waals surface area contributed by atoms with Crippen LogP contribution in [0.25, 0.3) is 11.3 Å². The van der Waals surface area contributed by atoms with Crippen LogP contribution in [-0.2, 0) is 13.0 Å². The van der Waals surface area contributed by atoms with Crippen LogP contribution in [0.15, 0.2) is 47.0 Å². The zero-order valence-corrected chi connectivity index (χ0v) is 18.4. The minimum absolute atomic E-state index is 0.191. The average Bonchev–Trinajstić information content (AvgIpc) is 3.55. The summed E-state index contributed by atoms with van der Waals surface area (Å²) in [5, 5.41) is 7.36. The van der Waals surface area contributed by atoms with Crippen molar-refractivity contribution in [3.05, 3.63) is 59.2 Å². The number of ether oxygens (including phenoxy) is 2. The number of nitrogens with one attached hydrogen (secondary N) is 1. The molecule has 3 heterocycles. The molecule has 7 heteroatoms. The van der Waals surface area contributed by atoms with Gasteiger partial charge in [0.25, 0.3) is 5.91 Å². The highest BCUT2D eigenvalue weighted by molar-refractivity contribution is 6.04. The van der Waals surface area contributed by atoms with E-state index in [2.05, 4.69) is 28.4 Å². The summed E-state index contributed by atoms with van der Waals surface area (Å²) in [6.07, 6.45) is 3.26. The summed E-state index contributed by atoms with van der Waals surface area (Å²) >= 11 is 0. The summed E-state index contributed by atoms with van der Waals surface area (Å²) in [5.41, 5.74) is 3.50. The topological polar surface area (TPSA) is 76.8 Å². The second-order valence-corrected chi connectivity index (χ2v) is 8.39. The maximum atomic E-state index is 13.4. The summed E-state index contributed by atoms with van der Waals surface area (Å²) in [5.74, 6) is 2.58. The third-order valence-electron chi connectivity index (χ3n) is 6.07. The van der Waals surface area contributed by atoms with Crippen LogP contribution in [0, 0.1) is 0 Å². The van der Waals surface area contributed by atoms with Crippen LogP contribution in [0.3, 0.4) is 0 Å². The quantitative estimate of drug-likeness (QED) is 0.628. The first-order chi connectivity index (χ1) is 15.6. The van der Waals surface area contributed by atoms with E-state index in [1.807, 2.05) is 36.4 Å². The Morgan fingerprint density at radius 1 is 1.19 bits per heavy atom. The van der Waals surface area contributed by atoms with Crippen molar-refractivity contribution in [2.75, 3.05) is 25.1 Å². The van der Waals surface area contributed by atoms with Crippen LogP contribution in [0.4, 0.5) is 5.82 Å². The van der Waals surface area contributed by atoms with Crippen LogP contribution in [0.2, 0.25) is 0 Å². The molecular weight excluding hydrogens is 406 g/mol. The summed E-state index contributed by atoms with van der Waals surface area (Å²) < 4.78 is 16.7. The lowest BCUT2D eigenvalue weighted by molar-refractivity contribution is 0.0951. The standard InChI is InChI=1S/C25H27N3O4/c1-16-13-19-14-17(5-10-21(19)31-16)15-26-25(29)22-23(18-6-8-20(30-2)9-7-18)32-27-24(22)28-11-3-4-12-28/h5-10,14,16H,3-4,11-13,15H2,1-2H3,(H,26,29). The molecule has 1 saturated heterocycles. The fourth-order valence-electron chi connectivity index (χ4n) is 4.43. The van der Waals surface area contributed by atoms with Crippen molar-refractivity contribution >= 4 is 11.7 Å². The first kappa shape index (κ1) is 20.4. The summed E-state index contributed by atoms with van der Waals surface area (Å²) in [6, 6.07) is 13.6. The first-order valence-electron chi connectivity index (χ1n) is 11.1. The van der Waals surface area contributed by atoms with Crippen molar-refractivity contribution in [3.63, 3.8) is 0 Å². The minimum Gasteiger partial charge on any atom is -0.497 e. The van der Waals surface area contributed by atoms with Gasteiger partial charge in [-0.25, -0.2) is 0 Å². The van der Waals surface area contributed by atoms with E-state index in [0.717, 1.165) is 55.0 Å². The van der Waals surface area contributed by atoms with Crippen LogP contribution >= 0.6 is 0 Å². The molecule has 1 fully saturated rings. The van der Waals surface area contributed by atoms with Gasteiger partial charge in [-0.1, -0.05) is 17.3 Å².